The lowest BCUT2D eigenvalue weighted by atomic mass is 10.2. The van der Waals surface area contributed by atoms with Crippen molar-refractivity contribution in [2.24, 2.45) is 0 Å². The molecule has 0 saturated carbocycles. The van der Waals surface area contributed by atoms with Gasteiger partial charge in [-0.2, -0.15) is 0 Å². The molecule has 0 fully saturated rings. The zero-order valence-electron chi connectivity index (χ0n) is 16.0. The summed E-state index contributed by atoms with van der Waals surface area (Å²) in [5, 5.41) is 7.38. The molecule has 0 bridgehead atoms. The lowest BCUT2D eigenvalue weighted by molar-refractivity contribution is -0.113. The van der Waals surface area contributed by atoms with Crippen molar-refractivity contribution in [3.8, 4) is 11.5 Å². The van der Waals surface area contributed by atoms with Crippen LogP contribution >= 0.6 is 11.3 Å². The summed E-state index contributed by atoms with van der Waals surface area (Å²) in [7, 11) is 3.05. The van der Waals surface area contributed by atoms with E-state index in [1.807, 2.05) is 23.6 Å². The van der Waals surface area contributed by atoms with Crippen molar-refractivity contribution >= 4 is 34.9 Å². The van der Waals surface area contributed by atoms with Gasteiger partial charge in [-0.3, -0.25) is 9.59 Å². The van der Waals surface area contributed by atoms with E-state index in [0.29, 0.717) is 22.7 Å². The maximum Gasteiger partial charge on any atom is 0.272 e. The zero-order chi connectivity index (χ0) is 20.6. The number of carbonyl (C=O) groups excluding carboxylic acids is 2. The molecule has 1 heterocycles. The normalized spacial score (nSPS) is 10.9. The number of carbonyl (C=O) groups is 2. The van der Waals surface area contributed by atoms with E-state index in [9.17, 15) is 9.59 Å². The van der Waals surface area contributed by atoms with Crippen LogP contribution in [0.4, 0.5) is 5.69 Å². The van der Waals surface area contributed by atoms with E-state index in [1.165, 1.54) is 25.6 Å². The summed E-state index contributed by atoms with van der Waals surface area (Å²) in [4.78, 5) is 26.4. The topological polar surface area (TPSA) is 76.7 Å². The molecule has 148 valence electrons. The molecule has 2 aromatic carbocycles. The van der Waals surface area contributed by atoms with Crippen LogP contribution in [0.2, 0.25) is 0 Å². The van der Waals surface area contributed by atoms with Crippen molar-refractivity contribution in [2.45, 2.75) is 0 Å². The summed E-state index contributed by atoms with van der Waals surface area (Å²) in [6.07, 6.45) is 1.63. The van der Waals surface area contributed by atoms with E-state index in [4.69, 9.17) is 9.47 Å². The third kappa shape index (κ3) is 5.24. The van der Waals surface area contributed by atoms with Crippen LogP contribution in [0.1, 0.15) is 15.2 Å². The van der Waals surface area contributed by atoms with E-state index in [1.54, 1.807) is 48.5 Å². The Morgan fingerprint density at radius 1 is 0.966 bits per heavy atom. The summed E-state index contributed by atoms with van der Waals surface area (Å²) in [5.74, 6) is 0.192. The first kappa shape index (κ1) is 20.2. The minimum Gasteiger partial charge on any atom is -0.497 e. The van der Waals surface area contributed by atoms with Gasteiger partial charge in [0.05, 0.1) is 19.9 Å². The number of benzene rings is 2. The first-order chi connectivity index (χ1) is 14.1. The van der Waals surface area contributed by atoms with E-state index in [0.717, 1.165) is 4.88 Å². The number of thiophene rings is 1. The summed E-state index contributed by atoms with van der Waals surface area (Å²) >= 11 is 1.46. The Morgan fingerprint density at radius 2 is 1.76 bits per heavy atom. The van der Waals surface area contributed by atoms with Crippen LogP contribution in [0, 0.1) is 0 Å². The minimum atomic E-state index is -0.478. The third-order valence-electron chi connectivity index (χ3n) is 4.01. The maximum atomic E-state index is 13.0. The number of hydrogen-bond acceptors (Lipinski definition) is 5. The smallest absolute Gasteiger partial charge is 0.272 e. The zero-order valence-corrected chi connectivity index (χ0v) is 16.8. The average molecular weight is 408 g/mol. The first-order valence-electron chi connectivity index (χ1n) is 8.75. The van der Waals surface area contributed by atoms with Gasteiger partial charge in [-0.1, -0.05) is 24.3 Å². The Labute approximate surface area is 172 Å². The largest absolute Gasteiger partial charge is 0.497 e. The third-order valence-corrected chi connectivity index (χ3v) is 4.83. The van der Waals surface area contributed by atoms with Gasteiger partial charge in [-0.15, -0.1) is 11.3 Å². The highest BCUT2D eigenvalue weighted by molar-refractivity contribution is 7.10. The predicted molar refractivity (Wildman–Crippen MR) is 114 cm³/mol. The quantitative estimate of drug-likeness (QED) is 0.575. The predicted octanol–water partition coefficient (Wildman–Crippen LogP) is 4.17. The Hall–Kier alpha value is -3.58. The van der Waals surface area contributed by atoms with Crippen molar-refractivity contribution in [1.82, 2.24) is 5.32 Å². The highest BCUT2D eigenvalue weighted by Gasteiger charge is 2.17. The molecule has 7 heteroatoms. The van der Waals surface area contributed by atoms with Gasteiger partial charge in [0, 0.05) is 16.5 Å². The van der Waals surface area contributed by atoms with Gasteiger partial charge in [-0.05, 0) is 41.8 Å². The molecule has 0 unspecified atom stereocenters. The number of ether oxygens (including phenoxy) is 2. The Kier molecular flexibility index (Phi) is 6.65. The molecule has 29 heavy (non-hydrogen) atoms. The van der Waals surface area contributed by atoms with Gasteiger partial charge in [0.1, 0.15) is 17.2 Å². The van der Waals surface area contributed by atoms with E-state index >= 15 is 0 Å². The van der Waals surface area contributed by atoms with Gasteiger partial charge in [0.15, 0.2) is 0 Å². The molecule has 2 amide bonds. The van der Waals surface area contributed by atoms with Crippen LogP contribution in [0.3, 0.4) is 0 Å². The van der Waals surface area contributed by atoms with E-state index in [2.05, 4.69) is 10.6 Å². The van der Waals surface area contributed by atoms with E-state index < -0.39 is 5.91 Å². The fourth-order valence-electron chi connectivity index (χ4n) is 2.56. The summed E-state index contributed by atoms with van der Waals surface area (Å²) in [6, 6.07) is 17.5. The molecule has 0 radical (unpaired) electrons. The number of anilines is 1. The Morgan fingerprint density at radius 3 is 2.41 bits per heavy atom. The van der Waals surface area contributed by atoms with Crippen LogP contribution in [-0.2, 0) is 4.79 Å². The summed E-state index contributed by atoms with van der Waals surface area (Å²) < 4.78 is 10.5. The average Bonchev–Trinajstić information content (AvgIpc) is 3.27. The molecule has 0 aliphatic carbocycles. The van der Waals surface area contributed by atoms with Crippen LogP contribution in [0.15, 0.2) is 71.7 Å². The molecule has 0 saturated heterocycles. The van der Waals surface area contributed by atoms with Gasteiger partial charge in [0.25, 0.3) is 11.8 Å². The molecule has 0 aliphatic heterocycles. The van der Waals surface area contributed by atoms with Crippen LogP contribution in [0.25, 0.3) is 6.08 Å². The minimum absolute atomic E-state index is 0.117. The van der Waals surface area contributed by atoms with Crippen molar-refractivity contribution < 1.29 is 19.1 Å². The van der Waals surface area contributed by atoms with Crippen molar-refractivity contribution in [3.63, 3.8) is 0 Å². The molecule has 1 aromatic heterocycles. The molecule has 2 N–H and O–H groups in total. The van der Waals surface area contributed by atoms with Gasteiger partial charge < -0.3 is 20.1 Å². The van der Waals surface area contributed by atoms with Crippen LogP contribution < -0.4 is 20.1 Å². The number of hydrogen-bond donors (Lipinski definition) is 2. The summed E-state index contributed by atoms with van der Waals surface area (Å²) in [5.41, 5.74) is 1.01. The fraction of sp³-hybridized carbons (Fsp3) is 0.0909. The second-order valence-corrected chi connectivity index (χ2v) is 6.89. The van der Waals surface area contributed by atoms with Gasteiger partial charge in [-0.25, -0.2) is 0 Å². The monoisotopic (exact) mass is 408 g/mol. The second kappa shape index (κ2) is 9.57. The van der Waals surface area contributed by atoms with E-state index in [-0.39, 0.29) is 11.6 Å². The highest BCUT2D eigenvalue weighted by atomic mass is 32.1. The SMILES string of the molecule is COc1ccc(OC)c(NC(=O)/C(=C/c2cccs2)NC(=O)c2ccccc2)c1. The number of nitrogens with one attached hydrogen (secondary N) is 2. The highest BCUT2D eigenvalue weighted by Crippen LogP contribution is 2.29. The maximum absolute atomic E-state index is 13.0. The Balaban J connectivity index is 1.88. The molecule has 3 rings (SSSR count). The molecule has 0 atom stereocenters. The Bertz CT molecular complexity index is 1010. The molecule has 6 nitrogen and oxygen atoms in total. The lowest BCUT2D eigenvalue weighted by Gasteiger charge is -2.14. The standard InChI is InChI=1S/C22H20N2O4S/c1-27-16-10-11-20(28-2)18(13-16)23-22(26)19(14-17-9-6-12-29-17)24-21(25)15-7-4-3-5-8-15/h3-14H,1-2H3,(H,23,26)(H,24,25)/b19-14-. The number of amides is 2. The molecule has 0 spiro atoms. The molecule has 0 aliphatic rings. The second-order valence-electron chi connectivity index (χ2n) is 5.91. The number of rotatable bonds is 7. The lowest BCUT2D eigenvalue weighted by Crippen LogP contribution is -2.30. The molecular weight excluding hydrogens is 388 g/mol. The van der Waals surface area contributed by atoms with Gasteiger partial charge >= 0.3 is 0 Å². The molecule has 3 aromatic rings. The van der Waals surface area contributed by atoms with Crippen LogP contribution in [-0.4, -0.2) is 26.0 Å². The van der Waals surface area contributed by atoms with Gasteiger partial charge in [0.2, 0.25) is 0 Å². The van der Waals surface area contributed by atoms with Crippen molar-refractivity contribution in [1.29, 1.82) is 0 Å². The van der Waals surface area contributed by atoms with Crippen molar-refractivity contribution in [3.05, 3.63) is 82.2 Å². The van der Waals surface area contributed by atoms with Crippen LogP contribution in [0.5, 0.6) is 11.5 Å². The first-order valence-corrected chi connectivity index (χ1v) is 9.63. The fourth-order valence-corrected chi connectivity index (χ4v) is 3.22. The summed E-state index contributed by atoms with van der Waals surface area (Å²) in [6.45, 7) is 0. The van der Waals surface area contributed by atoms with Crippen molar-refractivity contribution in [2.75, 3.05) is 19.5 Å². The molecular formula is C22H20N2O4S. The number of methoxy groups -OCH3 is 2.